The third-order valence-electron chi connectivity index (χ3n) is 5.88. The van der Waals surface area contributed by atoms with Gasteiger partial charge in [0.15, 0.2) is 0 Å². The number of hydrogen-bond donors (Lipinski definition) is 0. The fourth-order valence-electron chi connectivity index (χ4n) is 4.42. The molecule has 1 saturated carbocycles. The van der Waals surface area contributed by atoms with Crippen LogP contribution in [-0.4, -0.2) is 31.2 Å². The molecule has 0 N–H and O–H groups in total. The summed E-state index contributed by atoms with van der Waals surface area (Å²) < 4.78 is 11.5. The van der Waals surface area contributed by atoms with E-state index in [1.165, 1.54) is 32.1 Å². The average molecular weight is 294 g/mol. The molecule has 3 heteroatoms. The van der Waals surface area contributed by atoms with Gasteiger partial charge in [0.05, 0.1) is 5.60 Å². The summed E-state index contributed by atoms with van der Waals surface area (Å²) in [5, 5.41) is 0. The molecule has 3 aliphatic rings. The second-order valence-electron chi connectivity index (χ2n) is 7.34. The van der Waals surface area contributed by atoms with E-state index in [9.17, 15) is 4.79 Å². The molecule has 1 aliphatic carbocycles. The van der Waals surface area contributed by atoms with Crippen LogP contribution in [0.1, 0.15) is 70.6 Å². The molecule has 0 radical (unpaired) electrons. The van der Waals surface area contributed by atoms with E-state index in [4.69, 9.17) is 9.47 Å². The number of ether oxygens (including phenoxy) is 2. The molecule has 0 aromatic carbocycles. The van der Waals surface area contributed by atoms with Gasteiger partial charge in [-0.05, 0) is 38.0 Å². The molecule has 1 unspecified atom stereocenters. The normalized spacial score (nSPS) is 30.4. The van der Waals surface area contributed by atoms with Crippen molar-refractivity contribution in [3.05, 3.63) is 0 Å². The van der Waals surface area contributed by atoms with E-state index >= 15 is 0 Å². The highest BCUT2D eigenvalue weighted by Crippen LogP contribution is 2.38. The molecule has 2 heterocycles. The number of carbonyl (C=O) groups is 1. The lowest BCUT2D eigenvalue weighted by Crippen LogP contribution is -2.45. The van der Waals surface area contributed by atoms with Crippen molar-refractivity contribution in [3.63, 3.8) is 0 Å². The smallest absolute Gasteiger partial charge is 0.136 e. The Kier molecular flexibility index (Phi) is 5.33. The van der Waals surface area contributed by atoms with E-state index in [0.717, 1.165) is 64.3 Å². The van der Waals surface area contributed by atoms with Crippen LogP contribution in [0.2, 0.25) is 0 Å². The van der Waals surface area contributed by atoms with Gasteiger partial charge in [0, 0.05) is 32.2 Å². The average Bonchev–Trinajstić information content (AvgIpc) is 2.54. The van der Waals surface area contributed by atoms with Crippen molar-refractivity contribution in [2.45, 2.75) is 76.2 Å². The quantitative estimate of drug-likeness (QED) is 0.789. The summed E-state index contributed by atoms with van der Waals surface area (Å²) in [7, 11) is 0. The third-order valence-corrected chi connectivity index (χ3v) is 5.88. The van der Waals surface area contributed by atoms with Crippen molar-refractivity contribution < 1.29 is 14.3 Å². The van der Waals surface area contributed by atoms with E-state index in [1.807, 2.05) is 0 Å². The summed E-state index contributed by atoms with van der Waals surface area (Å²) in [6, 6.07) is 0. The number of ketones is 1. The Morgan fingerprint density at radius 2 is 1.76 bits per heavy atom. The Labute approximate surface area is 128 Å². The zero-order chi connectivity index (χ0) is 14.5. The molecule has 3 fully saturated rings. The summed E-state index contributed by atoms with van der Waals surface area (Å²) in [4.78, 5) is 12.6. The maximum absolute atomic E-state index is 12.6. The highest BCUT2D eigenvalue weighted by Gasteiger charge is 2.40. The second-order valence-corrected chi connectivity index (χ2v) is 7.34. The zero-order valence-corrected chi connectivity index (χ0v) is 13.3. The topological polar surface area (TPSA) is 35.5 Å². The standard InChI is InChI=1S/C18H30O3/c19-17(7-6-15-4-2-1-3-5-15)16-8-11-21-18(14-16)9-12-20-13-10-18/h15-16H,1-14H2. The zero-order valence-electron chi connectivity index (χ0n) is 13.3. The Bertz CT molecular complexity index is 335. The number of hydrogen-bond acceptors (Lipinski definition) is 3. The summed E-state index contributed by atoms with van der Waals surface area (Å²) in [6.07, 6.45) is 12.6. The predicted octanol–water partition coefficient (Wildman–Crippen LogP) is 3.89. The SMILES string of the molecule is O=C(CCC1CCCCC1)C1CCOC2(CCOCC2)C1. The maximum Gasteiger partial charge on any atom is 0.136 e. The first-order valence-electron chi connectivity index (χ1n) is 9.02. The molecular weight excluding hydrogens is 264 g/mol. The largest absolute Gasteiger partial charge is 0.381 e. The Hall–Kier alpha value is -0.410. The van der Waals surface area contributed by atoms with Crippen LogP contribution in [0.4, 0.5) is 0 Å². The van der Waals surface area contributed by atoms with Gasteiger partial charge in [-0.3, -0.25) is 4.79 Å². The van der Waals surface area contributed by atoms with E-state index in [1.54, 1.807) is 0 Å². The molecule has 0 bridgehead atoms. The Balaban J connectivity index is 1.47. The van der Waals surface area contributed by atoms with Crippen molar-refractivity contribution in [2.24, 2.45) is 11.8 Å². The van der Waals surface area contributed by atoms with Gasteiger partial charge >= 0.3 is 0 Å². The van der Waals surface area contributed by atoms with Crippen LogP contribution in [0, 0.1) is 11.8 Å². The number of rotatable bonds is 4. The summed E-state index contributed by atoms with van der Waals surface area (Å²) in [5.41, 5.74) is -0.0400. The van der Waals surface area contributed by atoms with Crippen molar-refractivity contribution in [3.8, 4) is 0 Å². The minimum Gasteiger partial charge on any atom is -0.381 e. The van der Waals surface area contributed by atoms with Gasteiger partial charge in [-0.2, -0.15) is 0 Å². The first-order valence-corrected chi connectivity index (χ1v) is 9.02. The van der Waals surface area contributed by atoms with Crippen LogP contribution in [0.3, 0.4) is 0 Å². The van der Waals surface area contributed by atoms with E-state index < -0.39 is 0 Å². The van der Waals surface area contributed by atoms with Crippen LogP contribution in [0.25, 0.3) is 0 Å². The van der Waals surface area contributed by atoms with Crippen LogP contribution < -0.4 is 0 Å². The molecule has 0 aromatic rings. The van der Waals surface area contributed by atoms with Crippen molar-refractivity contribution in [2.75, 3.05) is 19.8 Å². The fraction of sp³-hybridized carbons (Fsp3) is 0.944. The molecule has 0 aromatic heterocycles. The van der Waals surface area contributed by atoms with Gasteiger partial charge in [0.25, 0.3) is 0 Å². The molecule has 2 saturated heterocycles. The lowest BCUT2D eigenvalue weighted by molar-refractivity contribution is -0.157. The molecule has 21 heavy (non-hydrogen) atoms. The van der Waals surface area contributed by atoms with Crippen molar-refractivity contribution in [1.82, 2.24) is 0 Å². The molecule has 1 spiro atoms. The first kappa shape index (κ1) is 15.5. The van der Waals surface area contributed by atoms with Gasteiger partial charge in [0.1, 0.15) is 5.78 Å². The van der Waals surface area contributed by atoms with E-state index in [0.29, 0.717) is 5.78 Å². The van der Waals surface area contributed by atoms with Gasteiger partial charge in [-0.25, -0.2) is 0 Å². The highest BCUT2D eigenvalue weighted by molar-refractivity contribution is 5.81. The molecule has 120 valence electrons. The van der Waals surface area contributed by atoms with E-state index in [-0.39, 0.29) is 11.5 Å². The van der Waals surface area contributed by atoms with Gasteiger partial charge in [-0.15, -0.1) is 0 Å². The third kappa shape index (κ3) is 4.07. The molecule has 0 amide bonds. The minimum absolute atomic E-state index is 0.0400. The van der Waals surface area contributed by atoms with Gasteiger partial charge < -0.3 is 9.47 Å². The second kappa shape index (κ2) is 7.23. The first-order chi connectivity index (χ1) is 10.3. The molecule has 3 nitrogen and oxygen atoms in total. The molecule has 1 atom stereocenters. The van der Waals surface area contributed by atoms with Crippen molar-refractivity contribution >= 4 is 5.78 Å². The van der Waals surface area contributed by atoms with Crippen molar-refractivity contribution in [1.29, 1.82) is 0 Å². The summed E-state index contributed by atoms with van der Waals surface area (Å²) in [5.74, 6) is 1.58. The minimum atomic E-state index is -0.0400. The molecular formula is C18H30O3. The summed E-state index contributed by atoms with van der Waals surface area (Å²) >= 11 is 0. The Morgan fingerprint density at radius 3 is 2.52 bits per heavy atom. The lowest BCUT2D eigenvalue weighted by atomic mass is 9.77. The van der Waals surface area contributed by atoms with Gasteiger partial charge in [-0.1, -0.05) is 32.1 Å². The van der Waals surface area contributed by atoms with E-state index in [2.05, 4.69) is 0 Å². The monoisotopic (exact) mass is 294 g/mol. The predicted molar refractivity (Wildman–Crippen MR) is 82.3 cm³/mol. The molecule has 3 rings (SSSR count). The van der Waals surface area contributed by atoms with Crippen LogP contribution in [-0.2, 0) is 14.3 Å². The summed E-state index contributed by atoms with van der Waals surface area (Å²) in [6.45, 7) is 2.35. The molecule has 2 aliphatic heterocycles. The maximum atomic E-state index is 12.6. The number of carbonyl (C=O) groups excluding carboxylic acids is 1. The fourth-order valence-corrected chi connectivity index (χ4v) is 4.42. The van der Waals surface area contributed by atoms with Crippen LogP contribution >= 0.6 is 0 Å². The van der Waals surface area contributed by atoms with Gasteiger partial charge in [0.2, 0.25) is 0 Å². The van der Waals surface area contributed by atoms with Crippen LogP contribution in [0.5, 0.6) is 0 Å². The Morgan fingerprint density at radius 1 is 1.00 bits per heavy atom. The lowest BCUT2D eigenvalue weighted by Gasteiger charge is -2.43. The van der Waals surface area contributed by atoms with Crippen LogP contribution in [0.15, 0.2) is 0 Å². The highest BCUT2D eigenvalue weighted by atomic mass is 16.5. The number of Topliss-reactive ketones (excluding diaryl/α,β-unsaturated/α-hetero) is 1.